The van der Waals surface area contributed by atoms with Gasteiger partial charge in [0.25, 0.3) is 0 Å². The fraction of sp³-hybridized carbons (Fsp3) is 0. The maximum Gasteiger partial charge on any atom is 0.160 e. The SMILES string of the molecule is c1ccc(-c2cc(-c3ccccc3)nc(-c3cccc(-c4cccc(-n5c6ccccc6c6cc7ccc8c(ccn8-c8ccccc8)c7cc65)c4)c3)n2)cc1. The van der Waals surface area contributed by atoms with Gasteiger partial charge in [-0.05, 0) is 88.6 Å². The summed E-state index contributed by atoms with van der Waals surface area (Å²) in [5.74, 6) is 0.699. The Balaban J connectivity index is 1.05. The molecule has 0 saturated heterocycles. The van der Waals surface area contributed by atoms with E-state index < -0.39 is 0 Å². The van der Waals surface area contributed by atoms with Gasteiger partial charge in [-0.2, -0.15) is 0 Å². The van der Waals surface area contributed by atoms with E-state index in [1.807, 2.05) is 12.1 Å². The van der Waals surface area contributed by atoms with Crippen LogP contribution in [-0.4, -0.2) is 19.1 Å². The van der Waals surface area contributed by atoms with Crippen LogP contribution in [0, 0.1) is 0 Å². The highest BCUT2D eigenvalue weighted by Gasteiger charge is 2.17. The van der Waals surface area contributed by atoms with Crippen molar-refractivity contribution in [1.82, 2.24) is 19.1 Å². The van der Waals surface area contributed by atoms with E-state index in [9.17, 15) is 0 Å². The van der Waals surface area contributed by atoms with Crippen LogP contribution in [0.5, 0.6) is 0 Å². The van der Waals surface area contributed by atoms with Gasteiger partial charge in [-0.15, -0.1) is 0 Å². The quantitative estimate of drug-likeness (QED) is 0.172. The van der Waals surface area contributed by atoms with Gasteiger partial charge in [0.05, 0.1) is 27.9 Å². The molecule has 0 unspecified atom stereocenters. The van der Waals surface area contributed by atoms with E-state index >= 15 is 0 Å². The molecule has 3 heterocycles. The molecule has 11 rings (SSSR count). The Hall–Kier alpha value is -7.56. The van der Waals surface area contributed by atoms with Gasteiger partial charge in [0.2, 0.25) is 0 Å². The summed E-state index contributed by atoms with van der Waals surface area (Å²) < 4.78 is 4.70. The molecule has 0 aliphatic heterocycles. The van der Waals surface area contributed by atoms with Crippen LogP contribution in [0.4, 0.5) is 0 Å². The monoisotopic (exact) mass is 714 g/mol. The van der Waals surface area contributed by atoms with Crippen LogP contribution in [0.15, 0.2) is 206 Å². The van der Waals surface area contributed by atoms with Crippen LogP contribution in [0.1, 0.15) is 0 Å². The standard InChI is InChI=1S/C52H34N4/c1-4-14-35(15-5-1)47-34-48(36-16-6-2-7-17-36)54-52(53-47)40-20-12-18-37(30-40)38-19-13-23-42(31-38)56-50-25-11-10-24-43(50)46-32-39-26-27-49-44(45(39)33-51(46)56)28-29-55(49)41-21-8-3-9-22-41/h1-34H. The molecule has 11 aromatic rings. The molecule has 0 atom stereocenters. The highest BCUT2D eigenvalue weighted by atomic mass is 15.0. The third-order valence-electron chi connectivity index (χ3n) is 10.9. The van der Waals surface area contributed by atoms with Crippen molar-refractivity contribution in [3.63, 3.8) is 0 Å². The van der Waals surface area contributed by atoms with E-state index in [1.165, 1.54) is 43.5 Å². The number of nitrogens with zero attached hydrogens (tertiary/aromatic N) is 4. The number of benzene rings is 8. The molecule has 56 heavy (non-hydrogen) atoms. The highest BCUT2D eigenvalue weighted by Crippen LogP contribution is 2.39. The third-order valence-corrected chi connectivity index (χ3v) is 10.9. The second-order valence-corrected chi connectivity index (χ2v) is 14.3. The Bertz CT molecular complexity index is 3170. The fourth-order valence-electron chi connectivity index (χ4n) is 8.26. The molecule has 4 nitrogen and oxygen atoms in total. The number of aromatic nitrogens is 4. The average Bonchev–Trinajstić information content (AvgIpc) is 3.86. The molecule has 0 fully saturated rings. The van der Waals surface area contributed by atoms with E-state index in [4.69, 9.17) is 9.97 Å². The van der Waals surface area contributed by atoms with E-state index in [-0.39, 0.29) is 0 Å². The second-order valence-electron chi connectivity index (χ2n) is 14.3. The minimum Gasteiger partial charge on any atom is -0.317 e. The number of hydrogen-bond donors (Lipinski definition) is 0. The molecule has 0 saturated carbocycles. The smallest absolute Gasteiger partial charge is 0.160 e. The Kier molecular flexibility index (Phi) is 7.46. The van der Waals surface area contributed by atoms with Crippen LogP contribution >= 0.6 is 0 Å². The molecule has 0 aliphatic carbocycles. The highest BCUT2D eigenvalue weighted by molar-refractivity contribution is 6.18. The van der Waals surface area contributed by atoms with Crippen LogP contribution in [0.25, 0.3) is 99.9 Å². The van der Waals surface area contributed by atoms with Crippen molar-refractivity contribution in [3.8, 4) is 56.4 Å². The summed E-state index contributed by atoms with van der Waals surface area (Å²) in [6, 6.07) is 71.1. The topological polar surface area (TPSA) is 35.6 Å². The maximum absolute atomic E-state index is 5.11. The molecule has 0 spiro atoms. The lowest BCUT2D eigenvalue weighted by atomic mass is 10.0. The van der Waals surface area contributed by atoms with Gasteiger partial charge < -0.3 is 9.13 Å². The molecule has 8 aromatic carbocycles. The van der Waals surface area contributed by atoms with E-state index in [0.29, 0.717) is 5.82 Å². The van der Waals surface area contributed by atoms with E-state index in [1.54, 1.807) is 0 Å². The van der Waals surface area contributed by atoms with Crippen molar-refractivity contribution in [3.05, 3.63) is 206 Å². The molecular formula is C52H34N4. The van der Waals surface area contributed by atoms with Gasteiger partial charge in [-0.1, -0.05) is 133 Å². The first kappa shape index (κ1) is 31.9. The Labute approximate surface area is 324 Å². The lowest BCUT2D eigenvalue weighted by molar-refractivity contribution is 1.13. The third kappa shape index (κ3) is 5.39. The lowest BCUT2D eigenvalue weighted by Gasteiger charge is -2.12. The Morgan fingerprint density at radius 3 is 1.66 bits per heavy atom. The van der Waals surface area contributed by atoms with Crippen molar-refractivity contribution < 1.29 is 0 Å². The summed E-state index contributed by atoms with van der Waals surface area (Å²) in [5, 5.41) is 6.20. The summed E-state index contributed by atoms with van der Waals surface area (Å²) >= 11 is 0. The van der Waals surface area contributed by atoms with Gasteiger partial charge in [0, 0.05) is 50.4 Å². The van der Waals surface area contributed by atoms with Crippen LogP contribution in [0.2, 0.25) is 0 Å². The molecule has 0 bridgehead atoms. The van der Waals surface area contributed by atoms with Crippen LogP contribution in [-0.2, 0) is 0 Å². The first-order valence-corrected chi connectivity index (χ1v) is 19.0. The van der Waals surface area contributed by atoms with E-state index in [0.717, 1.165) is 50.6 Å². The van der Waals surface area contributed by atoms with Gasteiger partial charge in [0.1, 0.15) is 0 Å². The first-order chi connectivity index (χ1) is 27.7. The normalized spacial score (nSPS) is 11.6. The van der Waals surface area contributed by atoms with Crippen molar-refractivity contribution >= 4 is 43.5 Å². The number of para-hydroxylation sites is 2. The number of fused-ring (bicyclic) bond motifs is 6. The van der Waals surface area contributed by atoms with Crippen molar-refractivity contribution in [1.29, 1.82) is 0 Å². The molecule has 0 radical (unpaired) electrons. The minimum absolute atomic E-state index is 0.699. The summed E-state index contributed by atoms with van der Waals surface area (Å²) in [7, 11) is 0. The zero-order valence-corrected chi connectivity index (χ0v) is 30.4. The molecular weight excluding hydrogens is 681 g/mol. The van der Waals surface area contributed by atoms with Gasteiger partial charge in [-0.25, -0.2) is 9.97 Å². The maximum atomic E-state index is 5.11. The number of rotatable bonds is 6. The molecule has 4 heteroatoms. The van der Waals surface area contributed by atoms with Crippen molar-refractivity contribution in [2.75, 3.05) is 0 Å². The molecule has 0 aliphatic rings. The predicted octanol–water partition coefficient (Wildman–Crippen LogP) is 13.3. The zero-order valence-electron chi connectivity index (χ0n) is 30.4. The predicted molar refractivity (Wildman–Crippen MR) is 232 cm³/mol. The van der Waals surface area contributed by atoms with E-state index in [2.05, 4.69) is 203 Å². The molecule has 0 N–H and O–H groups in total. The van der Waals surface area contributed by atoms with Gasteiger partial charge in [-0.3, -0.25) is 0 Å². The van der Waals surface area contributed by atoms with Crippen LogP contribution in [0.3, 0.4) is 0 Å². The van der Waals surface area contributed by atoms with Crippen molar-refractivity contribution in [2.45, 2.75) is 0 Å². The molecule has 262 valence electrons. The van der Waals surface area contributed by atoms with Crippen molar-refractivity contribution in [2.24, 2.45) is 0 Å². The lowest BCUT2D eigenvalue weighted by Crippen LogP contribution is -1.96. The van der Waals surface area contributed by atoms with Crippen LogP contribution < -0.4 is 0 Å². The van der Waals surface area contributed by atoms with Gasteiger partial charge >= 0.3 is 0 Å². The summed E-state index contributed by atoms with van der Waals surface area (Å²) in [6.07, 6.45) is 2.18. The minimum atomic E-state index is 0.699. The molecule has 0 amide bonds. The summed E-state index contributed by atoms with van der Waals surface area (Å²) in [6.45, 7) is 0. The Morgan fingerprint density at radius 2 is 0.911 bits per heavy atom. The summed E-state index contributed by atoms with van der Waals surface area (Å²) in [4.78, 5) is 10.2. The summed E-state index contributed by atoms with van der Waals surface area (Å²) in [5.41, 5.74) is 13.0. The first-order valence-electron chi connectivity index (χ1n) is 19.0. The zero-order chi connectivity index (χ0) is 37.0. The largest absolute Gasteiger partial charge is 0.317 e. The number of hydrogen-bond acceptors (Lipinski definition) is 2. The molecule has 3 aromatic heterocycles. The van der Waals surface area contributed by atoms with Gasteiger partial charge in [0.15, 0.2) is 5.82 Å². The fourth-order valence-corrected chi connectivity index (χ4v) is 8.26. The average molecular weight is 715 g/mol. The second kappa shape index (κ2) is 13.1. The Morgan fingerprint density at radius 1 is 0.321 bits per heavy atom.